The number of allylic oxidation sites excluding steroid dienone is 1. The van der Waals surface area contributed by atoms with Gasteiger partial charge in [0.1, 0.15) is 17.7 Å². The van der Waals surface area contributed by atoms with Gasteiger partial charge in [-0.25, -0.2) is 4.39 Å². The standard InChI is InChI=1S/C37H38F2N2O.CH4/c1-25-33(9-4-11-36(25)39)35-10-3-7-29-22-28(27-6-2-8-30(40)23-27)14-17-34(29)37(35)26-12-15-31(16-13-26)42-32-18-21-41(24-32)20-5-19-38;/h2,4,6,8-9,11-17,22-23,32H,3,5,7,10,18-21,24,40H2,1H3;1H4. The molecular formula is C38H42F2N2O. The zero-order valence-electron chi connectivity index (χ0n) is 24.2. The molecule has 4 aromatic rings. The third-order valence-electron chi connectivity index (χ3n) is 8.64. The molecule has 1 atom stereocenters. The molecule has 0 amide bonds. The molecule has 0 bridgehead atoms. The minimum absolute atomic E-state index is 0. The first-order valence-electron chi connectivity index (χ1n) is 15.0. The van der Waals surface area contributed by atoms with Crippen molar-refractivity contribution >= 4 is 16.8 Å². The van der Waals surface area contributed by atoms with E-state index >= 15 is 0 Å². The Morgan fingerprint density at radius 3 is 2.44 bits per heavy atom. The summed E-state index contributed by atoms with van der Waals surface area (Å²) in [4.78, 5) is 2.28. The van der Waals surface area contributed by atoms with E-state index in [0.717, 1.165) is 84.6 Å². The van der Waals surface area contributed by atoms with Crippen LogP contribution in [0.4, 0.5) is 14.5 Å². The molecule has 6 rings (SSSR count). The van der Waals surface area contributed by atoms with E-state index in [9.17, 15) is 8.78 Å². The van der Waals surface area contributed by atoms with E-state index < -0.39 is 0 Å². The number of hydrogen-bond acceptors (Lipinski definition) is 3. The van der Waals surface area contributed by atoms with Gasteiger partial charge >= 0.3 is 0 Å². The summed E-state index contributed by atoms with van der Waals surface area (Å²) in [6, 6.07) is 28.4. The van der Waals surface area contributed by atoms with Gasteiger partial charge in [0.15, 0.2) is 0 Å². The number of aryl methyl sites for hydroxylation is 1. The number of hydrogen-bond donors (Lipinski definition) is 1. The predicted molar refractivity (Wildman–Crippen MR) is 176 cm³/mol. The lowest BCUT2D eigenvalue weighted by molar-refractivity contribution is 0.198. The second kappa shape index (κ2) is 13.6. The van der Waals surface area contributed by atoms with Gasteiger partial charge in [0.05, 0.1) is 6.67 Å². The third kappa shape index (κ3) is 6.67. The molecule has 2 N–H and O–H groups in total. The van der Waals surface area contributed by atoms with Crippen LogP contribution in [0.3, 0.4) is 0 Å². The molecule has 0 spiro atoms. The summed E-state index contributed by atoms with van der Waals surface area (Å²) in [7, 11) is 0. The van der Waals surface area contributed by atoms with Crippen LogP contribution in [0, 0.1) is 12.7 Å². The molecule has 0 saturated carbocycles. The number of halogens is 2. The first-order chi connectivity index (χ1) is 20.5. The maximum absolute atomic E-state index is 14.8. The lowest BCUT2D eigenvalue weighted by Crippen LogP contribution is -2.26. The fraction of sp³-hybridized carbons (Fsp3) is 0.316. The first kappa shape index (κ1) is 30.5. The van der Waals surface area contributed by atoms with Gasteiger partial charge < -0.3 is 10.5 Å². The van der Waals surface area contributed by atoms with Crippen molar-refractivity contribution in [2.45, 2.75) is 52.6 Å². The van der Waals surface area contributed by atoms with Crippen molar-refractivity contribution in [2.24, 2.45) is 0 Å². The topological polar surface area (TPSA) is 38.5 Å². The average molecular weight is 581 g/mol. The monoisotopic (exact) mass is 580 g/mol. The van der Waals surface area contributed by atoms with Crippen molar-refractivity contribution in [1.29, 1.82) is 0 Å². The number of nitrogens with zero attached hydrogens (tertiary/aromatic N) is 1. The van der Waals surface area contributed by atoms with Crippen LogP contribution in [0.25, 0.3) is 22.3 Å². The van der Waals surface area contributed by atoms with Crippen molar-refractivity contribution in [3.8, 4) is 16.9 Å². The number of likely N-dealkylation sites (tertiary alicyclic amines) is 1. The molecule has 0 aromatic heterocycles. The Kier molecular flexibility index (Phi) is 9.62. The first-order valence-corrected chi connectivity index (χ1v) is 15.0. The zero-order chi connectivity index (χ0) is 29.1. The van der Waals surface area contributed by atoms with Crippen molar-refractivity contribution in [2.75, 3.05) is 32.0 Å². The van der Waals surface area contributed by atoms with Crippen LogP contribution in [0.2, 0.25) is 0 Å². The van der Waals surface area contributed by atoms with E-state index in [1.165, 1.54) is 22.8 Å². The minimum atomic E-state index is -0.276. The quantitative estimate of drug-likeness (QED) is 0.211. The van der Waals surface area contributed by atoms with Crippen LogP contribution in [0.15, 0.2) is 84.9 Å². The maximum atomic E-state index is 14.8. The SMILES string of the molecule is C.Cc1c(F)cccc1C1=C(c2ccc(OC3CCN(CCCF)C3)cc2)c2ccc(-c3cccc(N)c3)cc2CCC1. The number of ether oxygens (including phenoxy) is 1. The van der Waals surface area contributed by atoms with E-state index in [2.05, 4.69) is 41.3 Å². The largest absolute Gasteiger partial charge is 0.489 e. The highest BCUT2D eigenvalue weighted by Crippen LogP contribution is 2.42. The van der Waals surface area contributed by atoms with E-state index in [1.807, 2.05) is 49.4 Å². The molecule has 2 aliphatic rings. The number of anilines is 1. The lowest BCUT2D eigenvalue weighted by atomic mass is 9.85. The molecule has 43 heavy (non-hydrogen) atoms. The number of rotatable bonds is 8. The third-order valence-corrected chi connectivity index (χ3v) is 8.64. The lowest BCUT2D eigenvalue weighted by Gasteiger charge is -2.20. The van der Waals surface area contributed by atoms with Crippen LogP contribution >= 0.6 is 0 Å². The van der Waals surface area contributed by atoms with Crippen LogP contribution in [0.1, 0.15) is 60.9 Å². The van der Waals surface area contributed by atoms with Crippen molar-refractivity contribution in [3.63, 3.8) is 0 Å². The number of fused-ring (bicyclic) bond motifs is 1. The van der Waals surface area contributed by atoms with Crippen LogP contribution in [0.5, 0.6) is 5.75 Å². The second-order valence-electron chi connectivity index (χ2n) is 11.5. The number of alkyl halides is 1. The van der Waals surface area contributed by atoms with Crippen molar-refractivity contribution < 1.29 is 13.5 Å². The van der Waals surface area contributed by atoms with Gasteiger partial charge in [-0.1, -0.05) is 62.0 Å². The number of benzene rings is 4. The van der Waals surface area contributed by atoms with Gasteiger partial charge in [-0.15, -0.1) is 0 Å². The molecule has 1 saturated heterocycles. The molecule has 1 fully saturated rings. The molecule has 1 heterocycles. The Balaban J connectivity index is 0.00000368. The summed E-state index contributed by atoms with van der Waals surface area (Å²) in [6.07, 6.45) is 4.41. The zero-order valence-corrected chi connectivity index (χ0v) is 24.2. The molecule has 1 unspecified atom stereocenters. The van der Waals surface area contributed by atoms with Gasteiger partial charge in [0.25, 0.3) is 0 Å². The van der Waals surface area contributed by atoms with Crippen molar-refractivity contribution in [3.05, 3.63) is 119 Å². The summed E-state index contributed by atoms with van der Waals surface area (Å²) < 4.78 is 33.7. The molecular weight excluding hydrogens is 538 g/mol. The fourth-order valence-electron chi connectivity index (χ4n) is 6.49. The van der Waals surface area contributed by atoms with E-state index in [0.29, 0.717) is 12.0 Å². The highest BCUT2D eigenvalue weighted by molar-refractivity contribution is 6.00. The van der Waals surface area contributed by atoms with Gasteiger partial charge in [0.2, 0.25) is 0 Å². The summed E-state index contributed by atoms with van der Waals surface area (Å²) in [5.41, 5.74) is 16.6. The highest BCUT2D eigenvalue weighted by atomic mass is 19.1. The van der Waals surface area contributed by atoms with Gasteiger partial charge in [-0.3, -0.25) is 9.29 Å². The van der Waals surface area contributed by atoms with Crippen LogP contribution in [-0.4, -0.2) is 37.3 Å². The average Bonchev–Trinajstić information content (AvgIpc) is 3.36. The van der Waals surface area contributed by atoms with Gasteiger partial charge in [-0.05, 0) is 119 Å². The summed E-state index contributed by atoms with van der Waals surface area (Å²) in [6.45, 7) is 4.16. The second-order valence-corrected chi connectivity index (χ2v) is 11.5. The summed E-state index contributed by atoms with van der Waals surface area (Å²) >= 11 is 0. The summed E-state index contributed by atoms with van der Waals surface area (Å²) in [5, 5.41) is 0. The van der Waals surface area contributed by atoms with Crippen molar-refractivity contribution in [1.82, 2.24) is 4.90 Å². The van der Waals surface area contributed by atoms with Gasteiger partial charge in [-0.2, -0.15) is 0 Å². The predicted octanol–water partition coefficient (Wildman–Crippen LogP) is 9.13. The number of nitrogens with two attached hydrogens (primary N) is 1. The molecule has 4 aromatic carbocycles. The molecule has 1 aliphatic carbocycles. The molecule has 5 heteroatoms. The Labute approximate surface area is 255 Å². The fourth-order valence-corrected chi connectivity index (χ4v) is 6.49. The minimum Gasteiger partial charge on any atom is -0.489 e. The van der Waals surface area contributed by atoms with Gasteiger partial charge in [0, 0.05) is 25.3 Å². The van der Waals surface area contributed by atoms with E-state index in [-0.39, 0.29) is 26.0 Å². The Hall–Kier alpha value is -3.96. The van der Waals surface area contributed by atoms with Crippen LogP contribution in [-0.2, 0) is 6.42 Å². The Morgan fingerprint density at radius 2 is 1.65 bits per heavy atom. The van der Waals surface area contributed by atoms with Crippen LogP contribution < -0.4 is 10.5 Å². The molecule has 1 aliphatic heterocycles. The molecule has 3 nitrogen and oxygen atoms in total. The Bertz CT molecular complexity index is 1590. The smallest absolute Gasteiger partial charge is 0.126 e. The maximum Gasteiger partial charge on any atom is 0.126 e. The normalized spacial score (nSPS) is 16.9. The van der Waals surface area contributed by atoms with E-state index in [4.69, 9.17) is 10.5 Å². The number of nitrogen functional groups attached to an aromatic ring is 1. The summed E-state index contributed by atoms with van der Waals surface area (Å²) in [5.74, 6) is 0.660. The molecule has 0 radical (unpaired) electrons. The highest BCUT2D eigenvalue weighted by Gasteiger charge is 2.25. The molecule has 224 valence electrons. The Morgan fingerprint density at radius 1 is 0.884 bits per heavy atom. The van der Waals surface area contributed by atoms with E-state index in [1.54, 1.807) is 0 Å².